The van der Waals surface area contributed by atoms with Gasteiger partial charge in [0.1, 0.15) is 0 Å². The van der Waals surface area contributed by atoms with Crippen LogP contribution in [0.15, 0.2) is 5.10 Å². The fourth-order valence-electron chi connectivity index (χ4n) is 2.11. The van der Waals surface area contributed by atoms with Crippen molar-refractivity contribution in [1.82, 2.24) is 5.43 Å². The molecule has 0 atom stereocenters. The number of nitrogens with two attached hydrogens (primary N) is 1. The number of nitrogens with one attached hydrogen (secondary N) is 1. The van der Waals surface area contributed by atoms with E-state index in [0.717, 1.165) is 31.4 Å². The number of nitrogens with zero attached hydrogens (tertiary/aromatic N) is 1. The van der Waals surface area contributed by atoms with Gasteiger partial charge in [0.05, 0.1) is 0 Å². The van der Waals surface area contributed by atoms with E-state index in [1.165, 1.54) is 0 Å². The van der Waals surface area contributed by atoms with Gasteiger partial charge in [-0.1, -0.05) is 20.8 Å². The Labute approximate surface area is 102 Å². The van der Waals surface area contributed by atoms with Crippen LogP contribution in [0.5, 0.6) is 0 Å². The highest BCUT2D eigenvalue weighted by molar-refractivity contribution is 6.34. The van der Waals surface area contributed by atoms with Crippen LogP contribution in [-0.4, -0.2) is 17.5 Å². The zero-order valence-corrected chi connectivity index (χ0v) is 10.7. The summed E-state index contributed by atoms with van der Waals surface area (Å²) >= 11 is 0. The molecule has 1 fully saturated rings. The van der Waals surface area contributed by atoms with Gasteiger partial charge in [-0.05, 0) is 37.0 Å². The summed E-state index contributed by atoms with van der Waals surface area (Å²) < 4.78 is 0. The molecule has 1 rings (SSSR count). The van der Waals surface area contributed by atoms with Gasteiger partial charge in [0.15, 0.2) is 0 Å². The molecular formula is C12H21N3O2. The van der Waals surface area contributed by atoms with E-state index >= 15 is 0 Å². The minimum absolute atomic E-state index is 0.321. The van der Waals surface area contributed by atoms with Crippen LogP contribution >= 0.6 is 0 Å². The fourth-order valence-corrected chi connectivity index (χ4v) is 2.11. The van der Waals surface area contributed by atoms with Crippen LogP contribution < -0.4 is 11.2 Å². The molecule has 0 heterocycles. The van der Waals surface area contributed by atoms with E-state index in [1.54, 1.807) is 0 Å². The number of rotatable bonds is 1. The third-order valence-electron chi connectivity index (χ3n) is 3.33. The molecule has 17 heavy (non-hydrogen) atoms. The molecule has 0 spiro atoms. The van der Waals surface area contributed by atoms with Crippen LogP contribution in [-0.2, 0) is 9.59 Å². The van der Waals surface area contributed by atoms with Gasteiger partial charge in [0.2, 0.25) is 0 Å². The van der Waals surface area contributed by atoms with E-state index in [0.29, 0.717) is 11.3 Å². The van der Waals surface area contributed by atoms with Crippen molar-refractivity contribution in [2.75, 3.05) is 0 Å². The number of hydrazone groups is 1. The standard InChI is InChI=1S/C12H21N3O2/c1-12(2,3)8-4-6-9(7-5-8)14-15-11(17)10(13)16/h8H,4-7H2,1-3H3,(H2,13,16)(H,15,17). The average molecular weight is 239 g/mol. The zero-order valence-electron chi connectivity index (χ0n) is 10.7. The Kier molecular flexibility index (Phi) is 4.26. The van der Waals surface area contributed by atoms with E-state index in [4.69, 9.17) is 5.73 Å². The molecule has 5 heteroatoms. The van der Waals surface area contributed by atoms with Gasteiger partial charge in [-0.25, -0.2) is 5.43 Å². The lowest BCUT2D eigenvalue weighted by Gasteiger charge is -2.34. The Morgan fingerprint density at radius 3 is 2.24 bits per heavy atom. The van der Waals surface area contributed by atoms with Crippen LogP contribution in [0.3, 0.4) is 0 Å². The predicted molar refractivity (Wildman–Crippen MR) is 66.2 cm³/mol. The Balaban J connectivity index is 2.44. The van der Waals surface area contributed by atoms with Crippen LogP contribution in [0.1, 0.15) is 46.5 Å². The normalized spacial score (nSPS) is 20.9. The van der Waals surface area contributed by atoms with Gasteiger partial charge in [0, 0.05) is 5.71 Å². The Morgan fingerprint density at radius 1 is 1.29 bits per heavy atom. The number of hydrogen-bond donors (Lipinski definition) is 2. The molecule has 0 aromatic rings. The monoisotopic (exact) mass is 239 g/mol. The van der Waals surface area contributed by atoms with Crippen LogP contribution in [0.4, 0.5) is 0 Å². The molecule has 96 valence electrons. The average Bonchev–Trinajstić information content (AvgIpc) is 2.25. The van der Waals surface area contributed by atoms with Crippen molar-refractivity contribution in [3.05, 3.63) is 0 Å². The Bertz CT molecular complexity index is 332. The van der Waals surface area contributed by atoms with Crippen molar-refractivity contribution >= 4 is 17.5 Å². The molecule has 3 N–H and O–H groups in total. The number of primary amides is 1. The molecule has 0 radical (unpaired) electrons. The predicted octanol–water partition coefficient (Wildman–Crippen LogP) is 1.18. The molecule has 0 unspecified atom stereocenters. The summed E-state index contributed by atoms with van der Waals surface area (Å²) in [4.78, 5) is 21.4. The highest BCUT2D eigenvalue weighted by Crippen LogP contribution is 2.36. The molecule has 0 aliphatic heterocycles. The second-order valence-electron chi connectivity index (χ2n) is 5.62. The van der Waals surface area contributed by atoms with Gasteiger partial charge < -0.3 is 5.73 Å². The number of hydrogen-bond acceptors (Lipinski definition) is 3. The van der Waals surface area contributed by atoms with E-state index in [-0.39, 0.29) is 0 Å². The first kappa shape index (κ1) is 13.7. The highest BCUT2D eigenvalue weighted by atomic mass is 16.2. The third-order valence-corrected chi connectivity index (χ3v) is 3.33. The Morgan fingerprint density at radius 2 is 1.82 bits per heavy atom. The van der Waals surface area contributed by atoms with E-state index in [9.17, 15) is 9.59 Å². The van der Waals surface area contributed by atoms with Crippen molar-refractivity contribution in [3.8, 4) is 0 Å². The lowest BCUT2D eigenvalue weighted by molar-refractivity contribution is -0.137. The Hall–Kier alpha value is -1.39. The lowest BCUT2D eigenvalue weighted by atomic mass is 9.72. The summed E-state index contributed by atoms with van der Waals surface area (Å²) in [6, 6.07) is 0. The van der Waals surface area contributed by atoms with Crippen molar-refractivity contribution in [3.63, 3.8) is 0 Å². The molecule has 2 amide bonds. The van der Waals surface area contributed by atoms with E-state index in [1.807, 2.05) is 0 Å². The second kappa shape index (κ2) is 5.29. The first-order valence-corrected chi connectivity index (χ1v) is 5.96. The molecular weight excluding hydrogens is 218 g/mol. The van der Waals surface area contributed by atoms with Crippen LogP contribution in [0, 0.1) is 11.3 Å². The lowest BCUT2D eigenvalue weighted by Crippen LogP contribution is -2.34. The molecule has 1 saturated carbocycles. The van der Waals surface area contributed by atoms with Crippen molar-refractivity contribution in [2.45, 2.75) is 46.5 Å². The number of amides is 2. The molecule has 5 nitrogen and oxygen atoms in total. The molecule has 0 aromatic heterocycles. The minimum atomic E-state index is -1.00. The van der Waals surface area contributed by atoms with Gasteiger partial charge in [0.25, 0.3) is 0 Å². The second-order valence-corrected chi connectivity index (χ2v) is 5.62. The summed E-state index contributed by atoms with van der Waals surface area (Å²) in [7, 11) is 0. The molecule has 0 saturated heterocycles. The van der Waals surface area contributed by atoms with Crippen LogP contribution in [0.2, 0.25) is 0 Å². The fraction of sp³-hybridized carbons (Fsp3) is 0.750. The van der Waals surface area contributed by atoms with Gasteiger partial charge >= 0.3 is 11.8 Å². The van der Waals surface area contributed by atoms with Gasteiger partial charge in [-0.3, -0.25) is 9.59 Å². The molecule has 0 bridgehead atoms. The summed E-state index contributed by atoms with van der Waals surface area (Å²) in [6.07, 6.45) is 3.91. The highest BCUT2D eigenvalue weighted by Gasteiger charge is 2.28. The maximum atomic E-state index is 10.9. The summed E-state index contributed by atoms with van der Waals surface area (Å²) in [6.45, 7) is 6.73. The van der Waals surface area contributed by atoms with Crippen molar-refractivity contribution in [1.29, 1.82) is 0 Å². The molecule has 1 aliphatic carbocycles. The molecule has 0 aromatic carbocycles. The van der Waals surface area contributed by atoms with Crippen LogP contribution in [0.25, 0.3) is 0 Å². The maximum absolute atomic E-state index is 10.9. The SMILES string of the molecule is CC(C)(C)C1CCC(=NNC(=O)C(N)=O)CC1. The first-order valence-electron chi connectivity index (χ1n) is 5.96. The zero-order chi connectivity index (χ0) is 13.1. The topological polar surface area (TPSA) is 84.6 Å². The number of carbonyl (C=O) groups excluding carboxylic acids is 2. The van der Waals surface area contributed by atoms with Gasteiger partial charge in [-0.2, -0.15) is 5.10 Å². The molecule has 1 aliphatic rings. The first-order chi connectivity index (χ1) is 7.80. The number of carbonyl (C=O) groups is 2. The van der Waals surface area contributed by atoms with Crippen molar-refractivity contribution in [2.24, 2.45) is 22.2 Å². The van der Waals surface area contributed by atoms with E-state index < -0.39 is 11.8 Å². The van der Waals surface area contributed by atoms with E-state index in [2.05, 4.69) is 31.3 Å². The minimum Gasteiger partial charge on any atom is -0.361 e. The van der Waals surface area contributed by atoms with Crippen molar-refractivity contribution < 1.29 is 9.59 Å². The summed E-state index contributed by atoms with van der Waals surface area (Å²) in [5, 5.41) is 3.94. The smallest absolute Gasteiger partial charge is 0.329 e. The summed E-state index contributed by atoms with van der Waals surface area (Å²) in [5.41, 5.74) is 8.26. The maximum Gasteiger partial charge on any atom is 0.329 e. The third kappa shape index (κ3) is 4.17. The quantitative estimate of drug-likeness (QED) is 0.532. The van der Waals surface area contributed by atoms with Gasteiger partial charge in [-0.15, -0.1) is 0 Å². The summed E-state index contributed by atoms with van der Waals surface area (Å²) in [5.74, 6) is -1.17. The largest absolute Gasteiger partial charge is 0.361 e.